The van der Waals surface area contributed by atoms with E-state index in [4.69, 9.17) is 4.74 Å². The first-order valence-corrected chi connectivity index (χ1v) is 6.03. The van der Waals surface area contributed by atoms with Crippen molar-refractivity contribution in [2.75, 3.05) is 7.11 Å². The number of carbonyl (C=O) groups excluding carboxylic acids is 1. The van der Waals surface area contributed by atoms with Gasteiger partial charge < -0.3 is 4.74 Å². The number of hydrogen-bond acceptors (Lipinski definition) is 6. The van der Waals surface area contributed by atoms with Crippen LogP contribution >= 0.6 is 11.8 Å². The van der Waals surface area contributed by atoms with Gasteiger partial charge in [0.05, 0.1) is 12.7 Å². The average Bonchev–Trinajstić information content (AvgIpc) is 2.74. The first-order valence-electron chi connectivity index (χ1n) is 5.21. The molecule has 0 unspecified atom stereocenters. The number of Topliss-reactive ketones (excluding diaryl/α,β-unsaturated/α-hetero) is 1. The number of nitrogens with zero attached hydrogens (tertiary/aromatic N) is 4. The number of ether oxygens (including phenoxy) is 1. The van der Waals surface area contributed by atoms with E-state index in [0.29, 0.717) is 16.5 Å². The molecule has 2 rings (SSSR count). The van der Waals surface area contributed by atoms with Crippen LogP contribution in [-0.2, 0) is 7.05 Å². The maximum atomic E-state index is 11.7. The van der Waals surface area contributed by atoms with Crippen LogP contribution < -0.4 is 4.74 Å². The highest BCUT2D eigenvalue weighted by molar-refractivity contribution is 7.99. The predicted molar refractivity (Wildman–Crippen MR) is 65.9 cm³/mol. The summed E-state index contributed by atoms with van der Waals surface area (Å²) in [4.78, 5) is 12.5. The fraction of sp³-hybridized carbons (Fsp3) is 0.273. The Labute approximate surface area is 108 Å². The molecule has 0 spiro atoms. The SMILES string of the molecule is COc1cccc(Sc2nnnn2C)c1C(C)=O. The standard InChI is InChI=1S/C11H12N4O2S/c1-7(16)10-8(17-3)5-4-6-9(10)18-11-12-13-14-15(11)2/h4-6H,1-3H3. The van der Waals surface area contributed by atoms with Gasteiger partial charge in [0.1, 0.15) is 5.75 Å². The Morgan fingerprint density at radius 2 is 2.22 bits per heavy atom. The largest absolute Gasteiger partial charge is 0.496 e. The van der Waals surface area contributed by atoms with E-state index in [-0.39, 0.29) is 5.78 Å². The molecule has 0 radical (unpaired) electrons. The van der Waals surface area contributed by atoms with Crippen molar-refractivity contribution in [2.45, 2.75) is 17.0 Å². The number of benzene rings is 1. The van der Waals surface area contributed by atoms with Gasteiger partial charge in [-0.15, -0.1) is 5.10 Å². The average molecular weight is 264 g/mol. The Kier molecular flexibility index (Phi) is 3.61. The van der Waals surface area contributed by atoms with Crippen molar-refractivity contribution in [2.24, 2.45) is 7.05 Å². The quantitative estimate of drug-likeness (QED) is 0.781. The molecular weight excluding hydrogens is 252 g/mol. The van der Waals surface area contributed by atoms with Gasteiger partial charge in [-0.05, 0) is 41.2 Å². The summed E-state index contributed by atoms with van der Waals surface area (Å²) in [5.74, 6) is 0.507. The van der Waals surface area contributed by atoms with Crippen molar-refractivity contribution in [1.29, 1.82) is 0 Å². The van der Waals surface area contributed by atoms with Gasteiger partial charge in [0.25, 0.3) is 0 Å². The summed E-state index contributed by atoms with van der Waals surface area (Å²) in [7, 11) is 3.29. The fourth-order valence-electron chi connectivity index (χ4n) is 1.52. The molecule has 1 heterocycles. The predicted octanol–water partition coefficient (Wildman–Crippen LogP) is 1.57. The van der Waals surface area contributed by atoms with E-state index in [2.05, 4.69) is 15.5 Å². The zero-order chi connectivity index (χ0) is 13.1. The Balaban J connectivity index is 2.44. The highest BCUT2D eigenvalue weighted by Gasteiger charge is 2.16. The van der Waals surface area contributed by atoms with Gasteiger partial charge in [-0.1, -0.05) is 6.07 Å². The Bertz CT molecular complexity index is 582. The molecule has 0 bridgehead atoms. The van der Waals surface area contributed by atoms with Gasteiger partial charge in [-0.2, -0.15) is 0 Å². The molecule has 0 aliphatic rings. The highest BCUT2D eigenvalue weighted by atomic mass is 32.2. The van der Waals surface area contributed by atoms with Crippen molar-refractivity contribution in [3.8, 4) is 5.75 Å². The van der Waals surface area contributed by atoms with Crippen LogP contribution in [0, 0.1) is 0 Å². The van der Waals surface area contributed by atoms with Crippen LogP contribution in [0.1, 0.15) is 17.3 Å². The third-order valence-electron chi connectivity index (χ3n) is 2.34. The van der Waals surface area contributed by atoms with E-state index < -0.39 is 0 Å². The van der Waals surface area contributed by atoms with Gasteiger partial charge in [0.2, 0.25) is 5.16 Å². The molecule has 0 fully saturated rings. The van der Waals surface area contributed by atoms with E-state index in [0.717, 1.165) is 4.90 Å². The molecule has 18 heavy (non-hydrogen) atoms. The molecule has 0 saturated heterocycles. The number of methoxy groups -OCH3 is 1. The lowest BCUT2D eigenvalue weighted by atomic mass is 10.1. The van der Waals surface area contributed by atoms with E-state index >= 15 is 0 Å². The lowest BCUT2D eigenvalue weighted by Crippen LogP contribution is -2.01. The first-order chi connectivity index (χ1) is 8.63. The molecule has 1 aromatic heterocycles. The number of ketones is 1. The third kappa shape index (κ3) is 2.35. The minimum absolute atomic E-state index is 0.0509. The molecule has 0 aliphatic heterocycles. The zero-order valence-electron chi connectivity index (χ0n) is 10.2. The highest BCUT2D eigenvalue weighted by Crippen LogP contribution is 2.33. The van der Waals surface area contributed by atoms with Crippen molar-refractivity contribution >= 4 is 17.5 Å². The summed E-state index contributed by atoms with van der Waals surface area (Å²) < 4.78 is 6.75. The van der Waals surface area contributed by atoms with Crippen LogP contribution in [0.4, 0.5) is 0 Å². The second-order valence-corrected chi connectivity index (χ2v) is 4.59. The van der Waals surface area contributed by atoms with Gasteiger partial charge >= 0.3 is 0 Å². The molecule has 0 N–H and O–H groups in total. The lowest BCUT2D eigenvalue weighted by molar-refractivity contribution is 0.101. The smallest absolute Gasteiger partial charge is 0.213 e. The molecule has 0 aliphatic carbocycles. The van der Waals surface area contributed by atoms with Crippen LogP contribution in [0.3, 0.4) is 0 Å². The third-order valence-corrected chi connectivity index (χ3v) is 3.43. The maximum Gasteiger partial charge on any atom is 0.213 e. The second kappa shape index (κ2) is 5.18. The van der Waals surface area contributed by atoms with Crippen LogP contribution in [-0.4, -0.2) is 33.1 Å². The Hall–Kier alpha value is -1.89. The normalized spacial score (nSPS) is 10.4. The molecule has 0 amide bonds. The van der Waals surface area contributed by atoms with Crippen LogP contribution in [0.2, 0.25) is 0 Å². The summed E-state index contributed by atoms with van der Waals surface area (Å²) in [5.41, 5.74) is 0.549. The minimum atomic E-state index is -0.0509. The van der Waals surface area contributed by atoms with Gasteiger partial charge in [-0.3, -0.25) is 4.79 Å². The number of hydrogen-bond donors (Lipinski definition) is 0. The molecule has 94 valence electrons. The summed E-state index contributed by atoms with van der Waals surface area (Å²) in [6.45, 7) is 1.51. The fourth-order valence-corrected chi connectivity index (χ4v) is 2.45. The molecule has 2 aromatic rings. The number of aromatic nitrogens is 4. The van der Waals surface area contributed by atoms with Gasteiger partial charge in [0, 0.05) is 11.9 Å². The maximum absolute atomic E-state index is 11.7. The van der Waals surface area contributed by atoms with E-state index in [9.17, 15) is 4.79 Å². The van der Waals surface area contributed by atoms with Gasteiger partial charge in [0.15, 0.2) is 5.78 Å². The summed E-state index contributed by atoms with van der Waals surface area (Å²) in [6, 6.07) is 5.44. The topological polar surface area (TPSA) is 69.9 Å². The first kappa shape index (κ1) is 12.6. The number of carbonyl (C=O) groups is 1. The Morgan fingerprint density at radius 3 is 2.78 bits per heavy atom. The Morgan fingerprint density at radius 1 is 1.44 bits per heavy atom. The number of rotatable bonds is 4. The molecule has 7 heteroatoms. The zero-order valence-corrected chi connectivity index (χ0v) is 11.1. The monoisotopic (exact) mass is 264 g/mol. The molecular formula is C11H12N4O2S. The van der Waals surface area contributed by atoms with Crippen LogP contribution in [0.15, 0.2) is 28.3 Å². The lowest BCUT2D eigenvalue weighted by Gasteiger charge is -2.10. The van der Waals surface area contributed by atoms with Crippen LogP contribution in [0.5, 0.6) is 5.75 Å². The molecule has 6 nitrogen and oxygen atoms in total. The van der Waals surface area contributed by atoms with E-state index in [1.165, 1.54) is 18.7 Å². The van der Waals surface area contributed by atoms with E-state index in [1.807, 2.05) is 12.1 Å². The summed E-state index contributed by atoms with van der Waals surface area (Å²) in [6.07, 6.45) is 0. The number of aryl methyl sites for hydroxylation is 1. The van der Waals surface area contributed by atoms with Crippen molar-refractivity contribution < 1.29 is 9.53 Å². The molecule has 0 saturated carbocycles. The van der Waals surface area contributed by atoms with E-state index in [1.54, 1.807) is 24.9 Å². The van der Waals surface area contributed by atoms with Crippen molar-refractivity contribution in [3.63, 3.8) is 0 Å². The molecule has 1 aromatic carbocycles. The minimum Gasteiger partial charge on any atom is -0.496 e. The molecule has 0 atom stereocenters. The summed E-state index contributed by atoms with van der Waals surface area (Å²) in [5, 5.41) is 11.8. The number of tetrazole rings is 1. The second-order valence-electron chi connectivity index (χ2n) is 3.58. The van der Waals surface area contributed by atoms with Crippen molar-refractivity contribution in [3.05, 3.63) is 23.8 Å². The van der Waals surface area contributed by atoms with Crippen LogP contribution in [0.25, 0.3) is 0 Å². The van der Waals surface area contributed by atoms with Gasteiger partial charge in [-0.25, -0.2) is 4.68 Å². The summed E-state index contributed by atoms with van der Waals surface area (Å²) >= 11 is 1.33. The van der Waals surface area contributed by atoms with Crippen molar-refractivity contribution in [1.82, 2.24) is 20.2 Å².